The number of aromatic nitrogens is 1. The van der Waals surface area contributed by atoms with Crippen LogP contribution in [-0.4, -0.2) is 28.8 Å². The van der Waals surface area contributed by atoms with Gasteiger partial charge in [-0.05, 0) is 44.1 Å². The Bertz CT molecular complexity index is 513. The number of quaternary nitrogens is 1. The van der Waals surface area contributed by atoms with Crippen LogP contribution >= 0.6 is 0 Å². The lowest BCUT2D eigenvalue weighted by molar-refractivity contribution is -0.930. The van der Waals surface area contributed by atoms with E-state index >= 15 is 0 Å². The molecule has 1 aliphatic heterocycles. The van der Waals surface area contributed by atoms with Crippen molar-refractivity contribution in [1.29, 1.82) is 0 Å². The molecule has 0 radical (unpaired) electrons. The molecule has 0 saturated carbocycles. The molecule has 0 aliphatic carbocycles. The van der Waals surface area contributed by atoms with Crippen molar-refractivity contribution in [1.82, 2.24) is 4.98 Å². The molecule has 0 spiro atoms. The molecule has 1 unspecified atom stereocenters. The minimum absolute atomic E-state index is 0.453. The number of hydrogen-bond donors (Lipinski definition) is 2. The zero-order chi connectivity index (χ0) is 16.0. The Kier molecular flexibility index (Phi) is 5.99. The fraction of sp³-hybridized carbons (Fsp3) is 0.632. The molecule has 3 atom stereocenters. The van der Waals surface area contributed by atoms with E-state index in [9.17, 15) is 5.11 Å². The van der Waals surface area contributed by atoms with Crippen molar-refractivity contribution in [3.05, 3.63) is 30.1 Å². The summed E-state index contributed by atoms with van der Waals surface area (Å²) in [6, 6.07) is 4.68. The van der Waals surface area contributed by atoms with Crippen LogP contribution in [-0.2, 0) is 0 Å². The van der Waals surface area contributed by atoms with Gasteiger partial charge >= 0.3 is 0 Å². The number of piperidine rings is 1. The van der Waals surface area contributed by atoms with Crippen LogP contribution in [0, 0.1) is 17.8 Å². The molecule has 0 aromatic carbocycles. The summed E-state index contributed by atoms with van der Waals surface area (Å²) >= 11 is 0. The van der Waals surface area contributed by atoms with Gasteiger partial charge in [-0.1, -0.05) is 25.8 Å². The Balaban J connectivity index is 2.01. The van der Waals surface area contributed by atoms with Gasteiger partial charge in [-0.25, -0.2) is 0 Å². The molecule has 0 bridgehead atoms. The topological polar surface area (TPSA) is 37.6 Å². The molecule has 1 aromatic heterocycles. The summed E-state index contributed by atoms with van der Waals surface area (Å²) in [6.45, 7) is 8.01. The van der Waals surface area contributed by atoms with Gasteiger partial charge in [0.05, 0.1) is 6.54 Å². The molecular weight excluding hydrogens is 272 g/mol. The number of likely N-dealkylation sites (tertiary alicyclic amines) is 1. The minimum Gasteiger partial charge on any atom is -0.378 e. The first-order chi connectivity index (χ1) is 10.5. The first-order valence-corrected chi connectivity index (χ1v) is 8.45. The molecule has 120 valence electrons. The van der Waals surface area contributed by atoms with Crippen LogP contribution in [0.5, 0.6) is 0 Å². The number of hydrogen-bond acceptors (Lipinski definition) is 2. The lowest BCUT2D eigenvalue weighted by atomic mass is 9.94. The second-order valence-electron chi connectivity index (χ2n) is 7.09. The highest BCUT2D eigenvalue weighted by atomic mass is 16.3. The highest BCUT2D eigenvalue weighted by Crippen LogP contribution is 2.18. The van der Waals surface area contributed by atoms with E-state index < -0.39 is 5.60 Å². The third kappa shape index (κ3) is 5.12. The van der Waals surface area contributed by atoms with Crippen LogP contribution in [0.2, 0.25) is 0 Å². The monoisotopic (exact) mass is 301 g/mol. The summed E-state index contributed by atoms with van der Waals surface area (Å²) < 4.78 is 0. The molecule has 3 heteroatoms. The first-order valence-electron chi connectivity index (χ1n) is 8.45. The number of nitrogens with zero attached hydrogens (tertiary/aromatic N) is 1. The third-order valence-electron chi connectivity index (χ3n) is 4.30. The van der Waals surface area contributed by atoms with E-state index in [4.69, 9.17) is 0 Å². The molecule has 0 amide bonds. The van der Waals surface area contributed by atoms with E-state index in [2.05, 4.69) is 36.7 Å². The standard InChI is InChI=1S/C19H28N2O/c1-16(2)14-19(3,22)10-7-13-21-12-5-4-9-18(21)17-8-6-11-20-15-17/h6,8,11,15-16,18,22H,4-5,9,12-14H2,1-3H3/p+1/t18-,19+/m1/s1. The van der Waals surface area contributed by atoms with Crippen molar-refractivity contribution in [2.45, 2.75) is 58.1 Å². The van der Waals surface area contributed by atoms with Crippen LogP contribution in [0.3, 0.4) is 0 Å². The predicted octanol–water partition coefficient (Wildman–Crippen LogP) is 1.99. The fourth-order valence-corrected chi connectivity index (χ4v) is 3.47. The minimum atomic E-state index is -0.868. The SMILES string of the molecule is CC(C)C[C@@](C)(O)C#CC[NH+]1CCCC[C@@H]1c1cccnc1. The Morgan fingerprint density at radius 1 is 1.45 bits per heavy atom. The van der Waals surface area contributed by atoms with Gasteiger partial charge in [0.1, 0.15) is 18.2 Å². The molecule has 2 N–H and O–H groups in total. The largest absolute Gasteiger partial charge is 0.378 e. The molecule has 1 aromatic rings. The Morgan fingerprint density at radius 2 is 2.27 bits per heavy atom. The van der Waals surface area contributed by atoms with E-state index in [0.29, 0.717) is 12.0 Å². The van der Waals surface area contributed by atoms with Crippen molar-refractivity contribution < 1.29 is 10.0 Å². The number of nitrogens with one attached hydrogen (secondary N) is 1. The maximum absolute atomic E-state index is 10.3. The van der Waals surface area contributed by atoms with Crippen LogP contribution < -0.4 is 4.90 Å². The molecule has 2 rings (SSSR count). The molecule has 1 saturated heterocycles. The summed E-state index contributed by atoms with van der Waals surface area (Å²) in [5, 5.41) is 10.3. The zero-order valence-electron chi connectivity index (χ0n) is 14.1. The van der Waals surface area contributed by atoms with Gasteiger partial charge < -0.3 is 10.0 Å². The number of rotatable bonds is 4. The second kappa shape index (κ2) is 7.76. The predicted molar refractivity (Wildman–Crippen MR) is 89.4 cm³/mol. The Hall–Kier alpha value is -1.37. The second-order valence-corrected chi connectivity index (χ2v) is 7.09. The van der Waals surface area contributed by atoms with Gasteiger partial charge in [0.25, 0.3) is 0 Å². The highest BCUT2D eigenvalue weighted by molar-refractivity contribution is 5.14. The molecule has 2 heterocycles. The van der Waals surface area contributed by atoms with Crippen LogP contribution in [0.1, 0.15) is 58.1 Å². The van der Waals surface area contributed by atoms with E-state index in [0.717, 1.165) is 19.5 Å². The quantitative estimate of drug-likeness (QED) is 0.835. The smallest absolute Gasteiger partial charge is 0.139 e. The van der Waals surface area contributed by atoms with E-state index in [-0.39, 0.29) is 0 Å². The van der Waals surface area contributed by atoms with Gasteiger partial charge in [-0.3, -0.25) is 4.98 Å². The lowest BCUT2D eigenvalue weighted by Crippen LogP contribution is -3.13. The molecular formula is C19H29N2O+. The average Bonchev–Trinajstić information content (AvgIpc) is 2.47. The lowest BCUT2D eigenvalue weighted by Gasteiger charge is -2.31. The van der Waals surface area contributed by atoms with Crippen molar-refractivity contribution in [3.8, 4) is 11.8 Å². The number of aliphatic hydroxyl groups is 1. The normalized spacial score (nSPS) is 24.4. The van der Waals surface area contributed by atoms with E-state index in [1.54, 1.807) is 0 Å². The molecule has 1 fully saturated rings. The Labute approximate surface area is 134 Å². The Morgan fingerprint density at radius 3 is 2.95 bits per heavy atom. The van der Waals surface area contributed by atoms with Gasteiger partial charge in [0.15, 0.2) is 0 Å². The third-order valence-corrected chi connectivity index (χ3v) is 4.30. The van der Waals surface area contributed by atoms with Crippen molar-refractivity contribution >= 4 is 0 Å². The van der Waals surface area contributed by atoms with Gasteiger partial charge in [-0.15, -0.1) is 0 Å². The maximum Gasteiger partial charge on any atom is 0.139 e. The van der Waals surface area contributed by atoms with Crippen molar-refractivity contribution in [3.63, 3.8) is 0 Å². The van der Waals surface area contributed by atoms with Crippen molar-refractivity contribution in [2.24, 2.45) is 5.92 Å². The fourth-order valence-electron chi connectivity index (χ4n) is 3.47. The summed E-state index contributed by atoms with van der Waals surface area (Å²) in [5.74, 6) is 6.78. The number of pyridine rings is 1. The van der Waals surface area contributed by atoms with Crippen molar-refractivity contribution in [2.75, 3.05) is 13.1 Å². The highest BCUT2D eigenvalue weighted by Gasteiger charge is 2.27. The summed E-state index contributed by atoms with van der Waals surface area (Å²) in [7, 11) is 0. The van der Waals surface area contributed by atoms with E-state index in [1.165, 1.54) is 29.7 Å². The van der Waals surface area contributed by atoms with Crippen LogP contribution in [0.15, 0.2) is 24.5 Å². The molecule has 22 heavy (non-hydrogen) atoms. The maximum atomic E-state index is 10.3. The average molecular weight is 301 g/mol. The van der Waals surface area contributed by atoms with Gasteiger partial charge in [-0.2, -0.15) is 0 Å². The summed E-state index contributed by atoms with van der Waals surface area (Å²) in [6.07, 6.45) is 8.28. The summed E-state index contributed by atoms with van der Waals surface area (Å²) in [4.78, 5) is 5.76. The van der Waals surface area contributed by atoms with Crippen LogP contribution in [0.25, 0.3) is 0 Å². The summed E-state index contributed by atoms with van der Waals surface area (Å²) in [5.41, 5.74) is 0.445. The van der Waals surface area contributed by atoms with Gasteiger partial charge in [0, 0.05) is 24.4 Å². The van der Waals surface area contributed by atoms with E-state index in [1.807, 2.05) is 25.4 Å². The first kappa shape index (κ1) is 17.0. The van der Waals surface area contributed by atoms with Gasteiger partial charge in [0.2, 0.25) is 0 Å². The molecule has 3 nitrogen and oxygen atoms in total. The van der Waals surface area contributed by atoms with Crippen LogP contribution in [0.4, 0.5) is 0 Å². The zero-order valence-corrected chi connectivity index (χ0v) is 14.1. The molecule has 1 aliphatic rings.